The lowest BCUT2D eigenvalue weighted by molar-refractivity contribution is -0.131. The highest BCUT2D eigenvalue weighted by Crippen LogP contribution is 2.09. The van der Waals surface area contributed by atoms with E-state index in [1.165, 1.54) is 0 Å². The van der Waals surface area contributed by atoms with Crippen molar-refractivity contribution in [3.8, 4) is 0 Å². The molecule has 80 valence electrons. The fraction of sp³-hybridized carbons (Fsp3) is 0.182. The van der Waals surface area contributed by atoms with Gasteiger partial charge < -0.3 is 10.4 Å². The van der Waals surface area contributed by atoms with Crippen LogP contribution in [0, 0.1) is 0 Å². The number of allylic oxidation sites excluding steroid dienone is 1. The maximum Gasteiger partial charge on any atom is 0.330 e. The predicted molar refractivity (Wildman–Crippen MR) is 59.7 cm³/mol. The third-order valence-electron chi connectivity index (χ3n) is 1.82. The molecule has 0 aliphatic rings. The topological polar surface area (TPSA) is 49.3 Å². The van der Waals surface area contributed by atoms with Crippen molar-refractivity contribution in [3.05, 3.63) is 46.6 Å². The van der Waals surface area contributed by atoms with Gasteiger partial charge in [-0.1, -0.05) is 23.7 Å². The van der Waals surface area contributed by atoms with Gasteiger partial charge in [-0.05, 0) is 24.6 Å². The molecule has 0 fully saturated rings. The first-order chi connectivity index (χ1) is 7.08. The first-order valence-corrected chi connectivity index (χ1v) is 4.85. The lowest BCUT2D eigenvalue weighted by Gasteiger charge is -2.05. The van der Waals surface area contributed by atoms with E-state index in [0.717, 1.165) is 11.6 Å². The predicted octanol–water partition coefficient (Wildman–Crippen LogP) is 2.42. The zero-order valence-electron chi connectivity index (χ0n) is 8.33. The van der Waals surface area contributed by atoms with E-state index in [-0.39, 0.29) is 0 Å². The van der Waals surface area contributed by atoms with Gasteiger partial charge in [-0.25, -0.2) is 4.79 Å². The summed E-state index contributed by atoms with van der Waals surface area (Å²) in [5.41, 5.74) is 1.68. The van der Waals surface area contributed by atoms with Gasteiger partial charge in [0, 0.05) is 23.3 Å². The van der Waals surface area contributed by atoms with E-state index in [9.17, 15) is 4.79 Å². The second kappa shape index (κ2) is 5.41. The fourth-order valence-electron chi connectivity index (χ4n) is 1.08. The van der Waals surface area contributed by atoms with E-state index >= 15 is 0 Å². The summed E-state index contributed by atoms with van der Waals surface area (Å²) in [7, 11) is 0. The Bertz CT molecular complexity index is 371. The molecule has 0 unspecified atom stereocenters. The number of benzene rings is 1. The van der Waals surface area contributed by atoms with Gasteiger partial charge in [0.05, 0.1) is 0 Å². The van der Waals surface area contributed by atoms with Crippen molar-refractivity contribution in [2.45, 2.75) is 13.5 Å². The summed E-state index contributed by atoms with van der Waals surface area (Å²) in [4.78, 5) is 10.3. The molecule has 0 spiro atoms. The summed E-state index contributed by atoms with van der Waals surface area (Å²) < 4.78 is 0. The van der Waals surface area contributed by atoms with Crippen LogP contribution in [0.1, 0.15) is 12.5 Å². The summed E-state index contributed by atoms with van der Waals surface area (Å²) in [6, 6.07) is 7.39. The van der Waals surface area contributed by atoms with E-state index in [1.807, 2.05) is 12.1 Å². The molecule has 0 atom stereocenters. The lowest BCUT2D eigenvalue weighted by atomic mass is 10.2. The molecule has 0 radical (unpaired) electrons. The van der Waals surface area contributed by atoms with Crippen molar-refractivity contribution in [2.75, 3.05) is 0 Å². The number of carboxylic acid groups (broad SMARTS) is 1. The van der Waals surface area contributed by atoms with Crippen LogP contribution in [0.5, 0.6) is 0 Å². The van der Waals surface area contributed by atoms with Crippen molar-refractivity contribution in [1.29, 1.82) is 0 Å². The quantitative estimate of drug-likeness (QED) is 0.774. The number of nitrogens with one attached hydrogen (secondary N) is 1. The molecule has 0 amide bonds. The molecular weight excluding hydrogens is 214 g/mol. The number of rotatable bonds is 4. The number of halogens is 1. The molecule has 4 heteroatoms. The summed E-state index contributed by atoms with van der Waals surface area (Å²) in [5.74, 6) is -0.948. The van der Waals surface area contributed by atoms with Gasteiger partial charge in [-0.3, -0.25) is 0 Å². The van der Waals surface area contributed by atoms with Crippen LogP contribution in [0.3, 0.4) is 0 Å². The molecule has 0 saturated heterocycles. The Balaban J connectivity index is 2.50. The van der Waals surface area contributed by atoms with Gasteiger partial charge in [-0.2, -0.15) is 0 Å². The maximum absolute atomic E-state index is 10.3. The second-order valence-electron chi connectivity index (χ2n) is 3.15. The Hall–Kier alpha value is -1.48. The molecule has 0 aliphatic carbocycles. The molecule has 2 N–H and O–H groups in total. The maximum atomic E-state index is 10.3. The Morgan fingerprint density at radius 3 is 2.60 bits per heavy atom. The Kier molecular flexibility index (Phi) is 4.18. The summed E-state index contributed by atoms with van der Waals surface area (Å²) in [6.07, 6.45) is 1.13. The zero-order valence-corrected chi connectivity index (χ0v) is 9.08. The van der Waals surface area contributed by atoms with Gasteiger partial charge in [0.25, 0.3) is 0 Å². The molecule has 0 aliphatic heterocycles. The number of hydrogen-bond donors (Lipinski definition) is 2. The fourth-order valence-corrected chi connectivity index (χ4v) is 1.21. The van der Waals surface area contributed by atoms with Crippen LogP contribution in [0.25, 0.3) is 0 Å². The minimum atomic E-state index is -0.948. The van der Waals surface area contributed by atoms with Gasteiger partial charge in [0.2, 0.25) is 0 Å². The molecule has 0 bridgehead atoms. The molecule has 0 saturated carbocycles. The van der Waals surface area contributed by atoms with Crippen LogP contribution in [-0.2, 0) is 11.3 Å². The first kappa shape index (κ1) is 11.6. The Morgan fingerprint density at radius 1 is 1.47 bits per heavy atom. The van der Waals surface area contributed by atoms with E-state index in [0.29, 0.717) is 17.3 Å². The van der Waals surface area contributed by atoms with E-state index < -0.39 is 5.97 Å². The van der Waals surface area contributed by atoms with Crippen molar-refractivity contribution in [2.24, 2.45) is 0 Å². The summed E-state index contributed by atoms with van der Waals surface area (Å²) in [5, 5.41) is 12.2. The van der Waals surface area contributed by atoms with Crippen molar-refractivity contribution >= 4 is 17.6 Å². The third-order valence-corrected chi connectivity index (χ3v) is 2.08. The number of hydrogen-bond acceptors (Lipinski definition) is 2. The highest BCUT2D eigenvalue weighted by molar-refractivity contribution is 6.30. The smallest absolute Gasteiger partial charge is 0.330 e. The molecule has 1 aromatic carbocycles. The highest BCUT2D eigenvalue weighted by Gasteiger charge is 1.95. The van der Waals surface area contributed by atoms with Crippen LogP contribution in [0.4, 0.5) is 0 Å². The normalized spacial score (nSPS) is 11.2. The van der Waals surface area contributed by atoms with Gasteiger partial charge >= 0.3 is 5.97 Å². The van der Waals surface area contributed by atoms with Crippen LogP contribution in [-0.4, -0.2) is 11.1 Å². The van der Waals surface area contributed by atoms with Crippen molar-refractivity contribution in [3.63, 3.8) is 0 Å². The standard InChI is InChI=1S/C11H12ClNO2/c1-8(6-11(14)15)13-7-9-2-4-10(12)5-3-9/h2-6,13H,7H2,1H3,(H,14,15)/b8-6-. The van der Waals surface area contributed by atoms with Crippen LogP contribution < -0.4 is 5.32 Å². The Labute approximate surface area is 93.4 Å². The SMILES string of the molecule is C/C(=C/C(=O)O)NCc1ccc(Cl)cc1. The van der Waals surface area contributed by atoms with Gasteiger partial charge in [0.1, 0.15) is 0 Å². The molecule has 1 aromatic rings. The summed E-state index contributed by atoms with van der Waals surface area (Å²) >= 11 is 5.73. The molecular formula is C11H12ClNO2. The molecule has 3 nitrogen and oxygen atoms in total. The molecule has 1 rings (SSSR count). The minimum absolute atomic E-state index is 0.590. The average Bonchev–Trinajstić information content (AvgIpc) is 2.16. The van der Waals surface area contributed by atoms with Crippen molar-refractivity contribution in [1.82, 2.24) is 5.32 Å². The average molecular weight is 226 g/mol. The minimum Gasteiger partial charge on any atom is -0.478 e. The van der Waals surface area contributed by atoms with E-state index in [2.05, 4.69) is 5.32 Å². The van der Waals surface area contributed by atoms with Crippen molar-refractivity contribution < 1.29 is 9.90 Å². The summed E-state index contributed by atoms with van der Waals surface area (Å²) in [6.45, 7) is 2.30. The van der Waals surface area contributed by atoms with Crippen LogP contribution in [0.15, 0.2) is 36.0 Å². The van der Waals surface area contributed by atoms with Crippen LogP contribution in [0.2, 0.25) is 5.02 Å². The zero-order chi connectivity index (χ0) is 11.3. The third kappa shape index (κ3) is 4.51. The largest absolute Gasteiger partial charge is 0.478 e. The number of aliphatic carboxylic acids is 1. The van der Waals surface area contributed by atoms with E-state index in [1.54, 1.807) is 19.1 Å². The van der Waals surface area contributed by atoms with Crippen LogP contribution >= 0.6 is 11.6 Å². The lowest BCUT2D eigenvalue weighted by Crippen LogP contribution is -2.11. The highest BCUT2D eigenvalue weighted by atomic mass is 35.5. The van der Waals surface area contributed by atoms with Gasteiger partial charge in [0.15, 0.2) is 0 Å². The van der Waals surface area contributed by atoms with Gasteiger partial charge in [-0.15, -0.1) is 0 Å². The molecule has 0 heterocycles. The number of carboxylic acids is 1. The van der Waals surface area contributed by atoms with E-state index in [4.69, 9.17) is 16.7 Å². The molecule has 0 aromatic heterocycles. The monoisotopic (exact) mass is 225 g/mol. The second-order valence-corrected chi connectivity index (χ2v) is 3.58. The first-order valence-electron chi connectivity index (χ1n) is 4.47. The molecule has 15 heavy (non-hydrogen) atoms. The number of carbonyl (C=O) groups is 1. The Morgan fingerprint density at radius 2 is 2.07 bits per heavy atom.